The Balaban J connectivity index is 2.18. The van der Waals surface area contributed by atoms with Crippen molar-refractivity contribution in [2.75, 3.05) is 6.54 Å². The lowest BCUT2D eigenvalue weighted by atomic mass is 10.3. The Labute approximate surface area is 95.6 Å². The minimum atomic E-state index is -0.214. The number of amides is 1. The molecule has 16 heavy (non-hydrogen) atoms. The van der Waals surface area contributed by atoms with E-state index in [1.165, 1.54) is 6.26 Å². The highest BCUT2D eigenvalue weighted by molar-refractivity contribution is 5.81. The van der Waals surface area contributed by atoms with Crippen LogP contribution in [0.25, 0.3) is 0 Å². The van der Waals surface area contributed by atoms with Crippen molar-refractivity contribution in [3.8, 4) is 0 Å². The first-order valence-electron chi connectivity index (χ1n) is 5.64. The van der Waals surface area contributed by atoms with Crippen molar-refractivity contribution < 1.29 is 9.32 Å². The molecular weight excluding hydrogens is 206 g/mol. The van der Waals surface area contributed by atoms with Gasteiger partial charge >= 0.3 is 0 Å². The van der Waals surface area contributed by atoms with Crippen LogP contribution in [0.1, 0.15) is 32.4 Å². The fourth-order valence-electron chi connectivity index (χ4n) is 1.22. The molecule has 2 N–H and O–H groups in total. The Bertz CT molecular complexity index is 298. The Morgan fingerprint density at radius 2 is 2.44 bits per heavy atom. The number of nitrogens with one attached hydrogen (secondary N) is 2. The molecule has 0 bridgehead atoms. The van der Waals surface area contributed by atoms with E-state index in [1.807, 2.05) is 6.92 Å². The molecule has 90 valence electrons. The normalized spacial score (nSPS) is 12.4. The molecule has 1 atom stereocenters. The standard InChI is InChI=1S/C11H19N3O2/c1-3-4-6-12-11(15)9(2)13-8-10-5-7-16-14-10/h5,7,9,13H,3-4,6,8H2,1-2H3,(H,12,15). The van der Waals surface area contributed by atoms with E-state index in [0.29, 0.717) is 6.54 Å². The van der Waals surface area contributed by atoms with Gasteiger partial charge in [-0.3, -0.25) is 4.79 Å². The lowest BCUT2D eigenvalue weighted by Crippen LogP contribution is -2.42. The van der Waals surface area contributed by atoms with E-state index < -0.39 is 0 Å². The van der Waals surface area contributed by atoms with E-state index in [4.69, 9.17) is 4.52 Å². The summed E-state index contributed by atoms with van der Waals surface area (Å²) in [6.07, 6.45) is 3.62. The quantitative estimate of drug-likeness (QED) is 0.681. The van der Waals surface area contributed by atoms with Gasteiger partial charge < -0.3 is 15.2 Å². The molecule has 0 saturated carbocycles. The molecule has 1 aromatic heterocycles. The van der Waals surface area contributed by atoms with Crippen molar-refractivity contribution in [3.63, 3.8) is 0 Å². The summed E-state index contributed by atoms with van der Waals surface area (Å²) in [6, 6.07) is 1.56. The topological polar surface area (TPSA) is 67.2 Å². The molecule has 0 aliphatic carbocycles. The minimum Gasteiger partial charge on any atom is -0.364 e. The Morgan fingerprint density at radius 3 is 3.06 bits per heavy atom. The zero-order valence-corrected chi connectivity index (χ0v) is 9.82. The van der Waals surface area contributed by atoms with Crippen molar-refractivity contribution in [2.45, 2.75) is 39.3 Å². The van der Waals surface area contributed by atoms with Crippen LogP contribution in [0, 0.1) is 0 Å². The molecule has 0 aromatic carbocycles. The van der Waals surface area contributed by atoms with Gasteiger partial charge in [-0.25, -0.2) is 0 Å². The number of unbranched alkanes of at least 4 members (excludes halogenated alkanes) is 1. The van der Waals surface area contributed by atoms with Gasteiger partial charge in [-0.05, 0) is 13.3 Å². The third kappa shape index (κ3) is 4.44. The van der Waals surface area contributed by atoms with E-state index in [-0.39, 0.29) is 11.9 Å². The van der Waals surface area contributed by atoms with E-state index in [0.717, 1.165) is 25.1 Å². The number of carbonyl (C=O) groups is 1. The van der Waals surface area contributed by atoms with Crippen molar-refractivity contribution in [3.05, 3.63) is 18.0 Å². The first kappa shape index (κ1) is 12.7. The average Bonchev–Trinajstić information content (AvgIpc) is 2.79. The number of nitrogens with zero attached hydrogens (tertiary/aromatic N) is 1. The van der Waals surface area contributed by atoms with Gasteiger partial charge in [-0.2, -0.15) is 0 Å². The summed E-state index contributed by atoms with van der Waals surface area (Å²) in [6.45, 7) is 5.21. The molecule has 1 heterocycles. The average molecular weight is 225 g/mol. The van der Waals surface area contributed by atoms with Crippen LogP contribution in [-0.2, 0) is 11.3 Å². The fourth-order valence-corrected chi connectivity index (χ4v) is 1.22. The van der Waals surface area contributed by atoms with E-state index in [9.17, 15) is 4.79 Å². The van der Waals surface area contributed by atoms with Gasteiger partial charge in [0.2, 0.25) is 5.91 Å². The second-order valence-corrected chi connectivity index (χ2v) is 3.74. The second-order valence-electron chi connectivity index (χ2n) is 3.74. The Kier molecular flexibility index (Phi) is 5.56. The fraction of sp³-hybridized carbons (Fsp3) is 0.636. The highest BCUT2D eigenvalue weighted by Crippen LogP contribution is 1.94. The zero-order chi connectivity index (χ0) is 11.8. The van der Waals surface area contributed by atoms with Crippen LogP contribution in [0.5, 0.6) is 0 Å². The van der Waals surface area contributed by atoms with E-state index >= 15 is 0 Å². The van der Waals surface area contributed by atoms with Crippen LogP contribution in [0.3, 0.4) is 0 Å². The molecule has 0 aliphatic heterocycles. The van der Waals surface area contributed by atoms with Gasteiger partial charge in [-0.1, -0.05) is 18.5 Å². The predicted octanol–water partition coefficient (Wildman–Crippen LogP) is 1.07. The SMILES string of the molecule is CCCCNC(=O)C(C)NCc1ccon1. The van der Waals surface area contributed by atoms with Crippen LogP contribution < -0.4 is 10.6 Å². The van der Waals surface area contributed by atoms with Gasteiger partial charge in [0.05, 0.1) is 11.7 Å². The lowest BCUT2D eigenvalue weighted by molar-refractivity contribution is -0.122. The second kappa shape index (κ2) is 7.00. The van der Waals surface area contributed by atoms with Crippen molar-refractivity contribution in [1.29, 1.82) is 0 Å². The molecule has 1 rings (SSSR count). The van der Waals surface area contributed by atoms with Crippen LogP contribution in [-0.4, -0.2) is 23.7 Å². The third-order valence-corrected chi connectivity index (χ3v) is 2.30. The molecule has 0 fully saturated rings. The van der Waals surface area contributed by atoms with Gasteiger partial charge in [0.25, 0.3) is 0 Å². The molecule has 1 unspecified atom stereocenters. The summed E-state index contributed by atoms with van der Waals surface area (Å²) < 4.78 is 4.70. The maximum Gasteiger partial charge on any atom is 0.236 e. The largest absolute Gasteiger partial charge is 0.364 e. The molecule has 5 heteroatoms. The summed E-state index contributed by atoms with van der Waals surface area (Å²) in [4.78, 5) is 11.6. The van der Waals surface area contributed by atoms with Gasteiger partial charge in [0.15, 0.2) is 0 Å². The smallest absolute Gasteiger partial charge is 0.236 e. The molecule has 0 spiro atoms. The van der Waals surface area contributed by atoms with Crippen molar-refractivity contribution >= 4 is 5.91 Å². The van der Waals surface area contributed by atoms with Crippen molar-refractivity contribution in [1.82, 2.24) is 15.8 Å². The van der Waals surface area contributed by atoms with Crippen LogP contribution in [0.2, 0.25) is 0 Å². The molecule has 1 amide bonds. The monoisotopic (exact) mass is 225 g/mol. The highest BCUT2D eigenvalue weighted by atomic mass is 16.5. The van der Waals surface area contributed by atoms with E-state index in [1.54, 1.807) is 6.07 Å². The van der Waals surface area contributed by atoms with Crippen LogP contribution in [0.4, 0.5) is 0 Å². The number of rotatable bonds is 7. The maximum atomic E-state index is 11.6. The molecule has 0 aliphatic rings. The molecule has 5 nitrogen and oxygen atoms in total. The summed E-state index contributed by atoms with van der Waals surface area (Å²) in [7, 11) is 0. The number of carbonyl (C=O) groups excluding carboxylic acids is 1. The number of hydrogen-bond acceptors (Lipinski definition) is 4. The van der Waals surface area contributed by atoms with Gasteiger partial charge in [0, 0.05) is 19.2 Å². The van der Waals surface area contributed by atoms with Crippen LogP contribution in [0.15, 0.2) is 16.9 Å². The van der Waals surface area contributed by atoms with Gasteiger partial charge in [0.1, 0.15) is 6.26 Å². The summed E-state index contributed by atoms with van der Waals surface area (Å²) in [5.74, 6) is 0.0249. The molecule has 1 aromatic rings. The number of aromatic nitrogens is 1. The third-order valence-electron chi connectivity index (χ3n) is 2.30. The predicted molar refractivity (Wildman–Crippen MR) is 60.7 cm³/mol. The summed E-state index contributed by atoms with van der Waals surface area (Å²) in [5, 5.41) is 9.70. The van der Waals surface area contributed by atoms with Crippen LogP contribution >= 0.6 is 0 Å². The molecular formula is C11H19N3O2. The molecule has 0 saturated heterocycles. The maximum absolute atomic E-state index is 11.6. The summed E-state index contributed by atoms with van der Waals surface area (Å²) >= 11 is 0. The Hall–Kier alpha value is -1.36. The highest BCUT2D eigenvalue weighted by Gasteiger charge is 2.11. The van der Waals surface area contributed by atoms with Gasteiger partial charge in [-0.15, -0.1) is 0 Å². The summed E-state index contributed by atoms with van der Waals surface area (Å²) in [5.41, 5.74) is 0.799. The minimum absolute atomic E-state index is 0.0249. The first-order chi connectivity index (χ1) is 7.74. The number of hydrogen-bond donors (Lipinski definition) is 2. The lowest BCUT2D eigenvalue weighted by Gasteiger charge is -2.12. The first-order valence-corrected chi connectivity index (χ1v) is 5.64. The molecule has 0 radical (unpaired) electrons. The van der Waals surface area contributed by atoms with Crippen molar-refractivity contribution in [2.24, 2.45) is 0 Å². The Morgan fingerprint density at radius 1 is 1.62 bits per heavy atom. The van der Waals surface area contributed by atoms with E-state index in [2.05, 4.69) is 22.7 Å². The zero-order valence-electron chi connectivity index (χ0n) is 9.82.